The average molecular weight is 448 g/mol. The third kappa shape index (κ3) is 3.64. The van der Waals surface area contributed by atoms with Crippen molar-refractivity contribution in [2.75, 3.05) is 17.3 Å². The number of hydrogen-bond acceptors (Lipinski definition) is 5. The SMILES string of the molecule is O=C(c1cc(C(F)(F)F)cc(C(F)(F)F)c1)N1CCSc2nnc(-c3ccco3)n21. The molecule has 13 heteroatoms. The number of alkyl halides is 6. The van der Waals surface area contributed by atoms with Gasteiger partial charge in [0.25, 0.3) is 5.91 Å². The first-order chi connectivity index (χ1) is 14.1. The predicted molar refractivity (Wildman–Crippen MR) is 92.3 cm³/mol. The summed E-state index contributed by atoms with van der Waals surface area (Å²) in [6, 6.07) is 3.86. The largest absolute Gasteiger partial charge is 0.461 e. The Morgan fingerprint density at radius 3 is 2.27 bits per heavy atom. The number of halogens is 6. The lowest BCUT2D eigenvalue weighted by molar-refractivity contribution is -0.143. The molecule has 0 saturated carbocycles. The standard InChI is InChI=1S/C17H10F6N4O2S/c18-16(19,20)10-6-9(7-11(8-10)17(21,22)23)14(28)26-3-5-30-15-25-24-13(27(15)26)12-2-1-4-29-12/h1-2,4,6-8H,3,5H2. The lowest BCUT2D eigenvalue weighted by Crippen LogP contribution is -2.45. The highest BCUT2D eigenvalue weighted by Gasteiger charge is 2.38. The maximum Gasteiger partial charge on any atom is 0.416 e. The number of furan rings is 1. The molecule has 0 atom stereocenters. The molecule has 0 saturated heterocycles. The van der Waals surface area contributed by atoms with Crippen LogP contribution in [0, 0.1) is 0 Å². The lowest BCUT2D eigenvalue weighted by Gasteiger charge is -2.29. The van der Waals surface area contributed by atoms with Crippen molar-refractivity contribution in [3.05, 3.63) is 53.3 Å². The average Bonchev–Trinajstić information content (AvgIpc) is 3.34. The summed E-state index contributed by atoms with van der Waals surface area (Å²) in [6.45, 7) is 0.0137. The van der Waals surface area contributed by atoms with Gasteiger partial charge >= 0.3 is 12.4 Å². The minimum Gasteiger partial charge on any atom is -0.461 e. The van der Waals surface area contributed by atoms with Gasteiger partial charge < -0.3 is 4.42 Å². The molecule has 0 aliphatic carbocycles. The summed E-state index contributed by atoms with van der Waals surface area (Å²) >= 11 is 1.23. The fraction of sp³-hybridized carbons (Fsp3) is 0.235. The molecular formula is C17H10F6N4O2S. The van der Waals surface area contributed by atoms with Crippen LogP contribution in [-0.2, 0) is 12.4 Å². The summed E-state index contributed by atoms with van der Waals surface area (Å²) in [5, 5.41) is 9.09. The van der Waals surface area contributed by atoms with E-state index < -0.39 is 35.0 Å². The smallest absolute Gasteiger partial charge is 0.416 e. The first-order valence-corrected chi connectivity index (χ1v) is 9.28. The first kappa shape index (κ1) is 20.3. The second-order valence-electron chi connectivity index (χ2n) is 6.17. The molecule has 158 valence electrons. The van der Waals surface area contributed by atoms with Crippen LogP contribution in [-0.4, -0.2) is 33.1 Å². The van der Waals surface area contributed by atoms with Crippen molar-refractivity contribution in [2.24, 2.45) is 0 Å². The number of benzene rings is 1. The molecule has 1 amide bonds. The fourth-order valence-corrected chi connectivity index (χ4v) is 3.73. The van der Waals surface area contributed by atoms with Gasteiger partial charge in [0.2, 0.25) is 11.0 Å². The highest BCUT2D eigenvalue weighted by molar-refractivity contribution is 7.99. The van der Waals surface area contributed by atoms with Crippen LogP contribution < -0.4 is 5.01 Å². The van der Waals surface area contributed by atoms with E-state index in [9.17, 15) is 31.1 Å². The monoisotopic (exact) mass is 448 g/mol. The Balaban J connectivity index is 1.81. The van der Waals surface area contributed by atoms with Gasteiger partial charge in [-0.3, -0.25) is 4.79 Å². The van der Waals surface area contributed by atoms with Crippen LogP contribution in [0.1, 0.15) is 21.5 Å². The molecule has 3 aromatic rings. The Labute approximate surface area is 168 Å². The fourth-order valence-electron chi connectivity index (χ4n) is 2.88. The van der Waals surface area contributed by atoms with Gasteiger partial charge in [-0.15, -0.1) is 10.2 Å². The van der Waals surface area contributed by atoms with Crippen LogP contribution in [0.15, 0.2) is 46.2 Å². The van der Waals surface area contributed by atoms with E-state index in [1.165, 1.54) is 28.8 Å². The number of fused-ring (bicyclic) bond motifs is 1. The van der Waals surface area contributed by atoms with Gasteiger partial charge in [-0.25, -0.2) is 9.69 Å². The molecule has 4 rings (SSSR count). The number of amides is 1. The molecular weight excluding hydrogens is 438 g/mol. The Morgan fingerprint density at radius 1 is 1.03 bits per heavy atom. The van der Waals surface area contributed by atoms with Crippen LogP contribution in [0.5, 0.6) is 0 Å². The van der Waals surface area contributed by atoms with Gasteiger partial charge in [-0.2, -0.15) is 26.3 Å². The van der Waals surface area contributed by atoms with Gasteiger partial charge in [0, 0.05) is 11.3 Å². The summed E-state index contributed by atoms with van der Waals surface area (Å²) in [6.07, 6.45) is -8.77. The van der Waals surface area contributed by atoms with Crippen molar-refractivity contribution in [2.45, 2.75) is 17.5 Å². The van der Waals surface area contributed by atoms with Gasteiger partial charge in [-0.05, 0) is 30.3 Å². The number of hydrogen-bond donors (Lipinski definition) is 0. The molecule has 1 aliphatic rings. The Bertz CT molecular complexity index is 1060. The quantitative estimate of drug-likeness (QED) is 0.542. The number of aromatic nitrogens is 3. The van der Waals surface area contributed by atoms with E-state index in [-0.39, 0.29) is 29.4 Å². The van der Waals surface area contributed by atoms with Crippen molar-refractivity contribution in [1.82, 2.24) is 14.9 Å². The zero-order valence-electron chi connectivity index (χ0n) is 14.7. The zero-order chi connectivity index (χ0) is 21.7. The number of carbonyl (C=O) groups is 1. The van der Waals surface area contributed by atoms with Crippen molar-refractivity contribution < 1.29 is 35.6 Å². The predicted octanol–water partition coefficient (Wildman–Crippen LogP) is 4.46. The minimum absolute atomic E-state index is 0.0137. The number of carbonyl (C=O) groups excluding carboxylic acids is 1. The first-order valence-electron chi connectivity index (χ1n) is 8.29. The van der Waals surface area contributed by atoms with Gasteiger partial charge in [0.15, 0.2) is 5.76 Å². The maximum absolute atomic E-state index is 13.1. The van der Waals surface area contributed by atoms with E-state index >= 15 is 0 Å². The van der Waals surface area contributed by atoms with E-state index in [1.807, 2.05) is 0 Å². The summed E-state index contributed by atoms with van der Waals surface area (Å²) in [5.41, 5.74) is -3.89. The minimum atomic E-state index is -5.06. The van der Waals surface area contributed by atoms with Crippen LogP contribution in [0.4, 0.5) is 26.3 Å². The van der Waals surface area contributed by atoms with E-state index in [1.54, 1.807) is 6.07 Å². The molecule has 0 radical (unpaired) electrons. The Morgan fingerprint density at radius 2 is 1.70 bits per heavy atom. The third-order valence-electron chi connectivity index (χ3n) is 4.20. The van der Waals surface area contributed by atoms with E-state index in [2.05, 4.69) is 10.2 Å². The molecule has 30 heavy (non-hydrogen) atoms. The second-order valence-corrected chi connectivity index (χ2v) is 7.23. The van der Waals surface area contributed by atoms with Gasteiger partial charge in [0.1, 0.15) is 0 Å². The molecule has 3 heterocycles. The molecule has 0 N–H and O–H groups in total. The molecule has 0 unspecified atom stereocenters. The van der Waals surface area contributed by atoms with E-state index in [4.69, 9.17) is 4.42 Å². The van der Waals surface area contributed by atoms with Gasteiger partial charge in [0.05, 0.1) is 23.9 Å². The Kier molecular flexibility index (Phi) is 4.79. The van der Waals surface area contributed by atoms with Crippen LogP contribution in [0.3, 0.4) is 0 Å². The molecule has 0 fully saturated rings. The van der Waals surface area contributed by atoms with E-state index in [0.29, 0.717) is 17.9 Å². The second kappa shape index (κ2) is 7.07. The molecule has 0 bridgehead atoms. The maximum atomic E-state index is 13.1. The summed E-state index contributed by atoms with van der Waals surface area (Å²) in [7, 11) is 0. The van der Waals surface area contributed by atoms with Crippen molar-refractivity contribution in [3.8, 4) is 11.6 Å². The highest BCUT2D eigenvalue weighted by atomic mass is 32.2. The summed E-state index contributed by atoms with van der Waals surface area (Å²) in [5.74, 6) is -0.402. The van der Waals surface area contributed by atoms with Crippen LogP contribution in [0.2, 0.25) is 0 Å². The van der Waals surface area contributed by atoms with Crippen molar-refractivity contribution in [1.29, 1.82) is 0 Å². The molecule has 1 aliphatic heterocycles. The summed E-state index contributed by atoms with van der Waals surface area (Å²) in [4.78, 5) is 13.0. The molecule has 2 aromatic heterocycles. The molecule has 0 spiro atoms. The third-order valence-corrected chi connectivity index (χ3v) is 5.10. The van der Waals surface area contributed by atoms with E-state index in [0.717, 1.165) is 5.01 Å². The lowest BCUT2D eigenvalue weighted by atomic mass is 10.0. The van der Waals surface area contributed by atoms with Crippen LogP contribution >= 0.6 is 11.8 Å². The Hall–Kier alpha value is -2.96. The molecule has 1 aromatic carbocycles. The summed E-state index contributed by atoms with van der Waals surface area (Å²) < 4.78 is 85.3. The number of rotatable bonds is 2. The number of thioether (sulfide) groups is 1. The molecule has 6 nitrogen and oxygen atoms in total. The van der Waals surface area contributed by atoms with Crippen molar-refractivity contribution >= 4 is 17.7 Å². The highest BCUT2D eigenvalue weighted by Crippen LogP contribution is 2.37. The van der Waals surface area contributed by atoms with Crippen molar-refractivity contribution in [3.63, 3.8) is 0 Å². The van der Waals surface area contributed by atoms with Crippen LogP contribution in [0.25, 0.3) is 11.6 Å². The topological polar surface area (TPSA) is 64.2 Å². The normalized spacial score (nSPS) is 14.7. The zero-order valence-corrected chi connectivity index (χ0v) is 15.5. The number of nitrogens with zero attached hydrogens (tertiary/aromatic N) is 4. The van der Waals surface area contributed by atoms with Gasteiger partial charge in [-0.1, -0.05) is 11.8 Å².